The Morgan fingerprint density at radius 1 is 1.21 bits per heavy atom. The lowest BCUT2D eigenvalue weighted by Gasteiger charge is -2.21. The molecule has 1 fully saturated rings. The summed E-state index contributed by atoms with van der Waals surface area (Å²) in [6.07, 6.45) is 6.31. The first kappa shape index (κ1) is 19.2. The number of nitrogens with zero attached hydrogens (tertiary/aromatic N) is 1. The van der Waals surface area contributed by atoms with Crippen molar-refractivity contribution >= 4 is 27.6 Å². The molecule has 24 heavy (non-hydrogen) atoms. The number of hydrogen-bond acceptors (Lipinski definition) is 5. The summed E-state index contributed by atoms with van der Waals surface area (Å²) in [7, 11) is 0. The second kappa shape index (κ2) is 10.0. The number of hydrogen-bond donors (Lipinski definition) is 2. The highest BCUT2D eigenvalue weighted by atomic mass is 79.9. The summed E-state index contributed by atoms with van der Waals surface area (Å²) in [6, 6.07) is 3.56. The Balaban J connectivity index is 2.04. The highest BCUT2D eigenvalue weighted by molar-refractivity contribution is 9.10. The van der Waals surface area contributed by atoms with E-state index in [1.807, 2.05) is 6.07 Å². The first-order chi connectivity index (χ1) is 11.6. The summed E-state index contributed by atoms with van der Waals surface area (Å²) < 4.78 is 6.00. The fourth-order valence-electron chi connectivity index (χ4n) is 2.92. The van der Waals surface area contributed by atoms with Crippen LogP contribution in [0.2, 0.25) is 0 Å². The number of anilines is 1. The number of rotatable bonds is 7. The third kappa shape index (κ3) is 5.76. The number of aliphatic hydroxyl groups excluding tert-OH is 1. The lowest BCUT2D eigenvalue weighted by atomic mass is 10.1. The van der Waals surface area contributed by atoms with Gasteiger partial charge in [-0.05, 0) is 72.4 Å². The van der Waals surface area contributed by atoms with Gasteiger partial charge in [0.1, 0.15) is 0 Å². The van der Waals surface area contributed by atoms with Crippen LogP contribution in [0.5, 0.6) is 0 Å². The molecule has 0 atom stereocenters. The van der Waals surface area contributed by atoms with Crippen molar-refractivity contribution in [3.63, 3.8) is 0 Å². The summed E-state index contributed by atoms with van der Waals surface area (Å²) in [6.45, 7) is 3.35. The summed E-state index contributed by atoms with van der Waals surface area (Å²) >= 11 is 3.45. The van der Waals surface area contributed by atoms with Crippen molar-refractivity contribution < 1.29 is 14.6 Å². The van der Waals surface area contributed by atoms with E-state index in [2.05, 4.69) is 20.8 Å². The number of nitrogen functional groups attached to an aromatic ring is 1. The maximum absolute atomic E-state index is 12.2. The predicted octanol–water partition coefficient (Wildman–Crippen LogP) is 3.34. The Morgan fingerprint density at radius 2 is 1.92 bits per heavy atom. The number of aliphatic hydroxyl groups is 1. The number of esters is 1. The minimum atomic E-state index is -0.342. The van der Waals surface area contributed by atoms with E-state index >= 15 is 0 Å². The summed E-state index contributed by atoms with van der Waals surface area (Å²) in [5.74, 6) is -0.342. The van der Waals surface area contributed by atoms with Gasteiger partial charge < -0.3 is 15.6 Å². The van der Waals surface area contributed by atoms with Gasteiger partial charge in [0.2, 0.25) is 0 Å². The summed E-state index contributed by atoms with van der Waals surface area (Å²) in [5, 5.41) is 8.76. The van der Waals surface area contributed by atoms with Crippen molar-refractivity contribution in [3.05, 3.63) is 27.7 Å². The van der Waals surface area contributed by atoms with Crippen LogP contribution in [0, 0.1) is 0 Å². The van der Waals surface area contributed by atoms with Gasteiger partial charge in [-0.15, -0.1) is 0 Å². The molecule has 3 N–H and O–H groups in total. The maximum atomic E-state index is 12.2. The molecule has 0 spiro atoms. The first-order valence-corrected chi connectivity index (χ1v) is 9.49. The molecule has 0 saturated carbocycles. The van der Waals surface area contributed by atoms with Crippen molar-refractivity contribution in [2.45, 2.75) is 45.1 Å². The van der Waals surface area contributed by atoms with Crippen molar-refractivity contribution in [1.29, 1.82) is 0 Å². The standard InChI is InChI=1S/C18H27BrN2O3/c19-16-12-14(18(23)24-10-6-5-9-22)11-15(17(16)20)13-21-7-3-1-2-4-8-21/h11-12,22H,1-10,13,20H2. The third-order valence-electron chi connectivity index (χ3n) is 4.33. The van der Waals surface area contributed by atoms with Gasteiger partial charge in [-0.1, -0.05) is 12.8 Å². The molecule has 134 valence electrons. The highest BCUT2D eigenvalue weighted by Gasteiger charge is 2.16. The quantitative estimate of drug-likeness (QED) is 0.418. The van der Waals surface area contributed by atoms with Gasteiger partial charge in [0, 0.05) is 17.6 Å². The Labute approximate surface area is 152 Å². The summed E-state index contributed by atoms with van der Waals surface area (Å²) in [4.78, 5) is 14.6. The first-order valence-electron chi connectivity index (χ1n) is 8.70. The van der Waals surface area contributed by atoms with Gasteiger partial charge in [0.25, 0.3) is 0 Å². The Morgan fingerprint density at radius 3 is 2.58 bits per heavy atom. The average Bonchev–Trinajstić information content (AvgIpc) is 2.84. The number of benzene rings is 1. The number of carbonyl (C=O) groups is 1. The van der Waals surface area contributed by atoms with Gasteiger partial charge in [0.15, 0.2) is 0 Å². The van der Waals surface area contributed by atoms with Crippen molar-refractivity contribution in [2.75, 3.05) is 32.0 Å². The van der Waals surface area contributed by atoms with Crippen LogP contribution < -0.4 is 5.73 Å². The van der Waals surface area contributed by atoms with Crippen LogP contribution in [0.4, 0.5) is 5.69 Å². The minimum absolute atomic E-state index is 0.116. The number of nitrogens with two attached hydrogens (primary N) is 1. The highest BCUT2D eigenvalue weighted by Crippen LogP contribution is 2.28. The number of ether oxygens (including phenoxy) is 1. The number of halogens is 1. The van der Waals surface area contributed by atoms with Crippen LogP contribution in [0.1, 0.15) is 54.4 Å². The molecule has 1 aromatic rings. The number of carbonyl (C=O) groups excluding carboxylic acids is 1. The molecule has 0 amide bonds. The van der Waals surface area contributed by atoms with Gasteiger partial charge in [-0.2, -0.15) is 0 Å². The van der Waals surface area contributed by atoms with E-state index in [9.17, 15) is 4.79 Å². The van der Waals surface area contributed by atoms with Gasteiger partial charge >= 0.3 is 5.97 Å². The topological polar surface area (TPSA) is 75.8 Å². The van der Waals surface area contributed by atoms with Crippen LogP contribution in [0.25, 0.3) is 0 Å². The molecule has 5 nitrogen and oxygen atoms in total. The number of likely N-dealkylation sites (tertiary alicyclic amines) is 1. The van der Waals surface area contributed by atoms with Gasteiger partial charge in [-0.25, -0.2) is 4.79 Å². The zero-order chi connectivity index (χ0) is 17.4. The van der Waals surface area contributed by atoms with E-state index in [1.165, 1.54) is 25.7 Å². The van der Waals surface area contributed by atoms with E-state index in [0.29, 0.717) is 30.7 Å². The van der Waals surface area contributed by atoms with Crippen molar-refractivity contribution in [3.8, 4) is 0 Å². The molecule has 0 bridgehead atoms. The molecule has 0 aliphatic carbocycles. The fraction of sp³-hybridized carbons (Fsp3) is 0.611. The molecule has 0 unspecified atom stereocenters. The smallest absolute Gasteiger partial charge is 0.338 e. The molecule has 1 aliphatic rings. The molecule has 1 aliphatic heterocycles. The van der Waals surface area contributed by atoms with Crippen LogP contribution >= 0.6 is 15.9 Å². The SMILES string of the molecule is Nc1c(Br)cc(C(=O)OCCCCO)cc1CN1CCCCCC1. The van der Waals surface area contributed by atoms with Gasteiger partial charge in [-0.3, -0.25) is 4.90 Å². The van der Waals surface area contributed by atoms with E-state index in [-0.39, 0.29) is 12.6 Å². The molecule has 0 radical (unpaired) electrons. The monoisotopic (exact) mass is 398 g/mol. The predicted molar refractivity (Wildman–Crippen MR) is 98.9 cm³/mol. The van der Waals surface area contributed by atoms with Crippen molar-refractivity contribution in [2.24, 2.45) is 0 Å². The Hall–Kier alpha value is -1.11. The molecule has 0 aromatic heterocycles. The fourth-order valence-corrected chi connectivity index (χ4v) is 3.42. The molecule has 1 heterocycles. The van der Waals surface area contributed by atoms with Crippen molar-refractivity contribution in [1.82, 2.24) is 4.90 Å². The van der Waals surface area contributed by atoms with Crippen LogP contribution in [-0.2, 0) is 11.3 Å². The normalized spacial score (nSPS) is 15.9. The number of unbranched alkanes of at least 4 members (excludes halogenated alkanes) is 1. The molecule has 1 aromatic carbocycles. The molecule has 2 rings (SSSR count). The van der Waals surface area contributed by atoms with Crippen LogP contribution in [0.15, 0.2) is 16.6 Å². The largest absolute Gasteiger partial charge is 0.462 e. The average molecular weight is 399 g/mol. The molecule has 1 saturated heterocycles. The Bertz CT molecular complexity index is 543. The zero-order valence-corrected chi connectivity index (χ0v) is 15.7. The van der Waals surface area contributed by atoms with E-state index < -0.39 is 0 Å². The van der Waals surface area contributed by atoms with Crippen LogP contribution in [-0.4, -0.2) is 42.3 Å². The van der Waals surface area contributed by atoms with E-state index in [1.54, 1.807) is 6.07 Å². The van der Waals surface area contributed by atoms with Gasteiger partial charge in [0.05, 0.1) is 17.9 Å². The second-order valence-corrected chi connectivity index (χ2v) is 7.14. The molecular formula is C18H27BrN2O3. The third-order valence-corrected chi connectivity index (χ3v) is 4.99. The lowest BCUT2D eigenvalue weighted by molar-refractivity contribution is 0.0492. The maximum Gasteiger partial charge on any atom is 0.338 e. The second-order valence-electron chi connectivity index (χ2n) is 6.29. The van der Waals surface area contributed by atoms with E-state index in [0.717, 1.165) is 29.7 Å². The molecular weight excluding hydrogens is 372 g/mol. The van der Waals surface area contributed by atoms with E-state index in [4.69, 9.17) is 15.6 Å². The minimum Gasteiger partial charge on any atom is -0.462 e. The van der Waals surface area contributed by atoms with Crippen LogP contribution in [0.3, 0.4) is 0 Å². The lowest BCUT2D eigenvalue weighted by Crippen LogP contribution is -2.24. The molecule has 6 heteroatoms. The summed E-state index contributed by atoms with van der Waals surface area (Å²) in [5.41, 5.74) is 8.37. The zero-order valence-electron chi connectivity index (χ0n) is 14.1. The Kier molecular flexibility index (Phi) is 8.02.